The molecule has 1 fully saturated rings. The highest BCUT2D eigenvalue weighted by Gasteiger charge is 2.45. The molecule has 0 saturated heterocycles. The number of nitrogens with two attached hydrogens (primary N) is 1. The molecule has 2 aliphatic rings. The molecule has 0 unspecified atom stereocenters. The Labute approximate surface area is 150 Å². The standard InChI is InChI=1S/C20H29N3O2/c1-19(2,3)15-8-10-20(11-9-15)12-17(23-25-20)18(24)22-13-14-4-6-16(21)7-5-14/h4-7,15H,8-13,21H2,1-3H3,(H,22,24). The van der Waals surface area contributed by atoms with E-state index in [0.717, 1.165) is 36.9 Å². The van der Waals surface area contributed by atoms with Crippen molar-refractivity contribution in [2.75, 3.05) is 5.73 Å². The maximum atomic E-state index is 12.4. The Morgan fingerprint density at radius 2 is 1.92 bits per heavy atom. The first-order valence-corrected chi connectivity index (χ1v) is 9.15. The molecule has 1 aromatic rings. The molecular weight excluding hydrogens is 314 g/mol. The summed E-state index contributed by atoms with van der Waals surface area (Å²) in [6.45, 7) is 7.38. The molecule has 1 spiro atoms. The molecule has 5 nitrogen and oxygen atoms in total. The molecule has 136 valence electrons. The van der Waals surface area contributed by atoms with Gasteiger partial charge in [-0.25, -0.2) is 0 Å². The highest BCUT2D eigenvalue weighted by molar-refractivity contribution is 6.39. The molecule has 1 heterocycles. The first-order valence-electron chi connectivity index (χ1n) is 9.15. The first-order chi connectivity index (χ1) is 11.8. The van der Waals surface area contributed by atoms with Gasteiger partial charge < -0.3 is 15.9 Å². The van der Waals surface area contributed by atoms with Crippen molar-refractivity contribution in [3.8, 4) is 0 Å². The van der Waals surface area contributed by atoms with E-state index in [-0.39, 0.29) is 11.5 Å². The lowest BCUT2D eigenvalue weighted by atomic mass is 9.67. The van der Waals surface area contributed by atoms with Crippen molar-refractivity contribution in [1.82, 2.24) is 5.32 Å². The quantitative estimate of drug-likeness (QED) is 0.823. The number of hydrogen-bond acceptors (Lipinski definition) is 4. The van der Waals surface area contributed by atoms with Crippen LogP contribution in [0.2, 0.25) is 0 Å². The Hall–Kier alpha value is -2.04. The lowest BCUT2D eigenvalue weighted by Gasteiger charge is -2.40. The summed E-state index contributed by atoms with van der Waals surface area (Å²) in [4.78, 5) is 18.1. The van der Waals surface area contributed by atoms with Crippen LogP contribution in [0, 0.1) is 11.3 Å². The van der Waals surface area contributed by atoms with E-state index in [1.165, 1.54) is 0 Å². The number of rotatable bonds is 3. The van der Waals surface area contributed by atoms with E-state index < -0.39 is 0 Å². The highest BCUT2D eigenvalue weighted by atomic mass is 16.7. The van der Waals surface area contributed by atoms with Crippen LogP contribution in [-0.4, -0.2) is 17.2 Å². The molecule has 1 saturated carbocycles. The summed E-state index contributed by atoms with van der Waals surface area (Å²) < 4.78 is 0. The van der Waals surface area contributed by atoms with E-state index >= 15 is 0 Å². The number of carbonyl (C=O) groups is 1. The summed E-state index contributed by atoms with van der Waals surface area (Å²) in [6.07, 6.45) is 4.86. The third-order valence-electron chi connectivity index (χ3n) is 5.66. The van der Waals surface area contributed by atoms with Crippen LogP contribution < -0.4 is 11.1 Å². The maximum absolute atomic E-state index is 12.4. The van der Waals surface area contributed by atoms with Gasteiger partial charge in [-0.05, 0) is 54.7 Å². The monoisotopic (exact) mass is 343 g/mol. The number of carbonyl (C=O) groups excluding carboxylic acids is 1. The second-order valence-electron chi connectivity index (χ2n) is 8.55. The van der Waals surface area contributed by atoms with E-state index in [0.29, 0.717) is 30.0 Å². The van der Waals surface area contributed by atoms with E-state index in [1.807, 2.05) is 24.3 Å². The van der Waals surface area contributed by atoms with Gasteiger partial charge in [0.25, 0.3) is 5.91 Å². The van der Waals surface area contributed by atoms with Crippen molar-refractivity contribution in [1.29, 1.82) is 0 Å². The lowest BCUT2D eigenvalue weighted by molar-refractivity contribution is -0.115. The molecule has 5 heteroatoms. The van der Waals surface area contributed by atoms with Gasteiger partial charge in [0.2, 0.25) is 0 Å². The average molecular weight is 343 g/mol. The van der Waals surface area contributed by atoms with E-state index in [1.54, 1.807) is 0 Å². The minimum absolute atomic E-state index is 0.133. The predicted octanol–water partition coefficient (Wildman–Crippen LogP) is 3.64. The van der Waals surface area contributed by atoms with Gasteiger partial charge in [0.05, 0.1) is 0 Å². The largest absolute Gasteiger partial charge is 0.399 e. The second kappa shape index (κ2) is 6.70. The van der Waals surface area contributed by atoms with Crippen molar-refractivity contribution in [2.45, 2.75) is 65.0 Å². The lowest BCUT2D eigenvalue weighted by Crippen LogP contribution is -2.39. The number of amides is 1. The fourth-order valence-corrected chi connectivity index (χ4v) is 3.84. The molecule has 0 aromatic heterocycles. The highest BCUT2D eigenvalue weighted by Crippen LogP contribution is 2.45. The van der Waals surface area contributed by atoms with Crippen LogP contribution in [0.4, 0.5) is 5.69 Å². The first kappa shape index (κ1) is 17.8. The van der Waals surface area contributed by atoms with Crippen molar-refractivity contribution in [3.05, 3.63) is 29.8 Å². The Kier molecular flexibility index (Phi) is 4.76. The minimum Gasteiger partial charge on any atom is -0.399 e. The molecule has 3 rings (SSSR count). The van der Waals surface area contributed by atoms with E-state index in [4.69, 9.17) is 10.6 Å². The van der Waals surface area contributed by atoms with Crippen molar-refractivity contribution in [3.63, 3.8) is 0 Å². The number of nitrogens with zero attached hydrogens (tertiary/aromatic N) is 1. The fourth-order valence-electron chi connectivity index (χ4n) is 3.84. The summed E-state index contributed by atoms with van der Waals surface area (Å²) in [5, 5.41) is 7.04. The fraction of sp³-hybridized carbons (Fsp3) is 0.600. The summed E-state index contributed by atoms with van der Waals surface area (Å²) >= 11 is 0. The van der Waals surface area contributed by atoms with Gasteiger partial charge in [0, 0.05) is 18.7 Å². The molecule has 1 amide bonds. The second-order valence-corrected chi connectivity index (χ2v) is 8.55. The number of oxime groups is 1. The SMILES string of the molecule is CC(C)(C)C1CCC2(CC1)CC(C(=O)NCc1ccc(N)cc1)=NO2. The number of nitrogens with one attached hydrogen (secondary N) is 1. The molecule has 1 aromatic carbocycles. The Balaban J connectivity index is 1.50. The van der Waals surface area contributed by atoms with Gasteiger partial charge in [-0.2, -0.15) is 0 Å². The van der Waals surface area contributed by atoms with Gasteiger partial charge >= 0.3 is 0 Å². The van der Waals surface area contributed by atoms with Crippen molar-refractivity contribution < 1.29 is 9.63 Å². The number of anilines is 1. The summed E-state index contributed by atoms with van der Waals surface area (Å²) in [5.41, 5.74) is 8.01. The van der Waals surface area contributed by atoms with Crippen LogP contribution in [0.3, 0.4) is 0 Å². The van der Waals surface area contributed by atoms with Crippen molar-refractivity contribution >= 4 is 17.3 Å². The molecule has 1 aliphatic carbocycles. The van der Waals surface area contributed by atoms with E-state index in [9.17, 15) is 4.79 Å². The molecule has 0 radical (unpaired) electrons. The maximum Gasteiger partial charge on any atom is 0.269 e. The summed E-state index contributed by atoms with van der Waals surface area (Å²) in [6, 6.07) is 7.50. The predicted molar refractivity (Wildman–Crippen MR) is 100.0 cm³/mol. The smallest absolute Gasteiger partial charge is 0.269 e. The number of benzene rings is 1. The number of nitrogen functional groups attached to an aromatic ring is 1. The van der Waals surface area contributed by atoms with Gasteiger partial charge in [-0.1, -0.05) is 38.1 Å². The topological polar surface area (TPSA) is 76.7 Å². The van der Waals surface area contributed by atoms with Crippen molar-refractivity contribution in [2.24, 2.45) is 16.5 Å². The van der Waals surface area contributed by atoms with Crippen LogP contribution in [0.1, 0.15) is 58.4 Å². The summed E-state index contributed by atoms with van der Waals surface area (Å²) in [5.74, 6) is 0.580. The third kappa shape index (κ3) is 4.14. The zero-order valence-electron chi connectivity index (χ0n) is 15.5. The van der Waals surface area contributed by atoms with Gasteiger partial charge in [-0.15, -0.1) is 0 Å². The Bertz CT molecular complexity index is 651. The Morgan fingerprint density at radius 3 is 2.52 bits per heavy atom. The van der Waals surface area contributed by atoms with Gasteiger partial charge in [0.15, 0.2) is 0 Å². The zero-order chi connectivity index (χ0) is 18.1. The van der Waals surface area contributed by atoms with Gasteiger partial charge in [0.1, 0.15) is 11.3 Å². The molecule has 3 N–H and O–H groups in total. The molecule has 0 atom stereocenters. The zero-order valence-corrected chi connectivity index (χ0v) is 15.5. The number of hydrogen-bond donors (Lipinski definition) is 2. The normalized spacial score (nSPS) is 26.2. The van der Waals surface area contributed by atoms with Gasteiger partial charge in [-0.3, -0.25) is 4.79 Å². The molecule has 0 bridgehead atoms. The molecule has 25 heavy (non-hydrogen) atoms. The van der Waals surface area contributed by atoms with Crippen LogP contribution >= 0.6 is 0 Å². The molecular formula is C20H29N3O2. The average Bonchev–Trinajstić information content (AvgIpc) is 2.97. The van der Waals surface area contributed by atoms with E-state index in [2.05, 4.69) is 31.2 Å². The van der Waals surface area contributed by atoms with Crippen LogP contribution in [-0.2, 0) is 16.2 Å². The Morgan fingerprint density at radius 1 is 1.28 bits per heavy atom. The van der Waals surface area contributed by atoms with Crippen LogP contribution in [0.5, 0.6) is 0 Å². The summed E-state index contributed by atoms with van der Waals surface area (Å²) in [7, 11) is 0. The molecule has 1 aliphatic heterocycles. The van der Waals surface area contributed by atoms with Crippen LogP contribution in [0.15, 0.2) is 29.4 Å². The minimum atomic E-state index is -0.254. The third-order valence-corrected chi connectivity index (χ3v) is 5.66. The van der Waals surface area contributed by atoms with Crippen LogP contribution in [0.25, 0.3) is 0 Å².